The van der Waals surface area contributed by atoms with Crippen LogP contribution < -0.4 is 0 Å². The minimum Gasteiger partial charge on any atom is -0.337 e. The van der Waals surface area contributed by atoms with Gasteiger partial charge in [0, 0.05) is 6.20 Å². The van der Waals surface area contributed by atoms with Gasteiger partial charge >= 0.3 is 5.97 Å². The Labute approximate surface area is 70.5 Å². The average Bonchev–Trinajstić information content (AvgIpc) is 1.86. The third-order valence-corrected chi connectivity index (χ3v) is 1.36. The summed E-state index contributed by atoms with van der Waals surface area (Å²) in [6.45, 7) is 0. The molecule has 0 fully saturated rings. The van der Waals surface area contributed by atoms with Gasteiger partial charge in [-0.25, -0.2) is 9.97 Å². The Kier molecular flexibility index (Phi) is 2.19. The van der Waals surface area contributed by atoms with Crippen molar-refractivity contribution in [3.8, 4) is 0 Å². The molecule has 1 aromatic heterocycles. The van der Waals surface area contributed by atoms with Crippen molar-refractivity contribution in [1.29, 1.82) is 0 Å². The molecule has 0 aliphatic rings. The zero-order valence-corrected chi connectivity index (χ0v) is 6.85. The van der Waals surface area contributed by atoms with Gasteiger partial charge in [-0.1, -0.05) is 0 Å². The Morgan fingerprint density at radius 2 is 2.00 bits per heavy atom. The van der Waals surface area contributed by atoms with E-state index in [0.29, 0.717) is 4.60 Å². The predicted molar refractivity (Wildman–Crippen MR) is 38.1 cm³/mol. The number of nitrogens with zero attached hydrogens (tertiary/aromatic N) is 2. The Morgan fingerprint density at radius 1 is 1.36 bits per heavy atom. The predicted octanol–water partition coefficient (Wildman–Crippen LogP) is -0.674. The van der Waals surface area contributed by atoms with Crippen molar-refractivity contribution in [3.05, 3.63) is 22.7 Å². The summed E-state index contributed by atoms with van der Waals surface area (Å²) >= 11 is 2.97. The minimum absolute atomic E-state index is 0.365. The summed E-state index contributed by atoms with van der Waals surface area (Å²) in [5.41, 5.74) is 0. The van der Waals surface area contributed by atoms with Crippen LogP contribution in [0.3, 0.4) is 0 Å². The van der Waals surface area contributed by atoms with Gasteiger partial charge < -0.3 is 15.3 Å². The number of halogens is 1. The highest BCUT2D eigenvalue weighted by molar-refractivity contribution is 9.10. The molecule has 0 saturated heterocycles. The molecule has 6 heteroatoms. The van der Waals surface area contributed by atoms with E-state index in [2.05, 4.69) is 25.9 Å². The third-order valence-electron chi connectivity index (χ3n) is 0.922. The van der Waals surface area contributed by atoms with Crippen LogP contribution in [0, 0.1) is 0 Å². The average molecular weight is 221 g/mol. The molecule has 5 nitrogen and oxygen atoms in total. The van der Waals surface area contributed by atoms with Crippen LogP contribution in [0.2, 0.25) is 0 Å². The van der Waals surface area contributed by atoms with Crippen molar-refractivity contribution in [1.82, 2.24) is 9.97 Å². The summed E-state index contributed by atoms with van der Waals surface area (Å²) in [6, 6.07) is 1.50. The second kappa shape index (κ2) is 2.82. The van der Waals surface area contributed by atoms with Gasteiger partial charge in [0.1, 0.15) is 4.60 Å². The second-order valence-corrected chi connectivity index (χ2v) is 2.65. The molecular weight excluding hydrogens is 216 g/mol. The fourth-order valence-corrected chi connectivity index (χ4v) is 0.784. The van der Waals surface area contributed by atoms with Crippen molar-refractivity contribution in [2.75, 3.05) is 0 Å². The molecule has 60 valence electrons. The van der Waals surface area contributed by atoms with Crippen LogP contribution in [0.1, 0.15) is 5.82 Å². The zero-order valence-electron chi connectivity index (χ0n) is 5.27. The largest absolute Gasteiger partial charge is 0.340 e. The Morgan fingerprint density at radius 3 is 2.36 bits per heavy atom. The van der Waals surface area contributed by atoms with Gasteiger partial charge in [-0.15, -0.1) is 0 Å². The molecule has 0 aliphatic heterocycles. The van der Waals surface area contributed by atoms with Crippen LogP contribution in [0.15, 0.2) is 16.9 Å². The maximum absolute atomic E-state index is 8.58. The monoisotopic (exact) mass is 220 g/mol. The number of aliphatic hydroxyl groups is 3. The van der Waals surface area contributed by atoms with Crippen molar-refractivity contribution in [2.24, 2.45) is 0 Å². The smallest absolute Gasteiger partial charge is 0.337 e. The summed E-state index contributed by atoms with van der Waals surface area (Å²) < 4.78 is 0.365. The van der Waals surface area contributed by atoms with Crippen LogP contribution in [-0.2, 0) is 5.97 Å². The number of hydrogen-bond acceptors (Lipinski definition) is 5. The first-order chi connectivity index (χ1) is 5.00. The molecule has 1 rings (SSSR count). The molecule has 3 N–H and O–H groups in total. The lowest BCUT2D eigenvalue weighted by atomic mass is 10.5. The topological polar surface area (TPSA) is 86.5 Å². The van der Waals surface area contributed by atoms with E-state index in [4.69, 9.17) is 15.3 Å². The fourth-order valence-electron chi connectivity index (χ4n) is 0.498. The van der Waals surface area contributed by atoms with Crippen molar-refractivity contribution in [3.63, 3.8) is 0 Å². The third kappa shape index (κ3) is 2.19. The van der Waals surface area contributed by atoms with Crippen LogP contribution in [0.5, 0.6) is 0 Å². The number of aromatic nitrogens is 2. The summed E-state index contributed by atoms with van der Waals surface area (Å²) in [7, 11) is 0. The fraction of sp³-hybridized carbons (Fsp3) is 0.200. The molecule has 0 unspecified atom stereocenters. The molecule has 1 heterocycles. The first-order valence-corrected chi connectivity index (χ1v) is 3.45. The van der Waals surface area contributed by atoms with Gasteiger partial charge in [-0.3, -0.25) is 0 Å². The van der Waals surface area contributed by atoms with Gasteiger partial charge in [-0.2, -0.15) is 0 Å². The molecule has 0 amide bonds. The Hall–Kier alpha value is -0.560. The molecule has 0 bridgehead atoms. The molecular formula is C5H5BrN2O3. The van der Waals surface area contributed by atoms with E-state index >= 15 is 0 Å². The van der Waals surface area contributed by atoms with E-state index in [9.17, 15) is 0 Å². The van der Waals surface area contributed by atoms with Crippen LogP contribution in [0.4, 0.5) is 0 Å². The normalized spacial score (nSPS) is 11.6. The van der Waals surface area contributed by atoms with E-state index in [1.165, 1.54) is 12.3 Å². The maximum atomic E-state index is 8.58. The highest BCUT2D eigenvalue weighted by Crippen LogP contribution is 2.11. The van der Waals surface area contributed by atoms with Crippen molar-refractivity contribution >= 4 is 15.9 Å². The molecule has 11 heavy (non-hydrogen) atoms. The lowest BCUT2D eigenvalue weighted by Gasteiger charge is -2.10. The van der Waals surface area contributed by atoms with Gasteiger partial charge in [0.15, 0.2) is 0 Å². The lowest BCUT2D eigenvalue weighted by Crippen LogP contribution is -2.26. The highest BCUT2D eigenvalue weighted by atomic mass is 79.9. The maximum Gasteiger partial charge on any atom is 0.340 e. The SMILES string of the molecule is OC(O)(O)c1nccc(Br)n1. The second-order valence-electron chi connectivity index (χ2n) is 1.84. The Bertz CT molecular complexity index is 260. The van der Waals surface area contributed by atoms with E-state index in [1.54, 1.807) is 0 Å². The van der Waals surface area contributed by atoms with Gasteiger partial charge in [0.25, 0.3) is 0 Å². The standard InChI is InChI=1S/C5H5BrN2O3/c6-3-1-2-7-4(8-3)5(9,10)11/h1-2,9-11H. The van der Waals surface area contributed by atoms with E-state index in [0.717, 1.165) is 0 Å². The minimum atomic E-state index is -2.97. The molecule has 0 aromatic carbocycles. The molecule has 0 saturated carbocycles. The van der Waals surface area contributed by atoms with Crippen LogP contribution in [0.25, 0.3) is 0 Å². The van der Waals surface area contributed by atoms with Crippen LogP contribution in [-0.4, -0.2) is 25.3 Å². The summed E-state index contributed by atoms with van der Waals surface area (Å²) in [5, 5.41) is 25.7. The van der Waals surface area contributed by atoms with Crippen molar-refractivity contribution in [2.45, 2.75) is 5.97 Å². The van der Waals surface area contributed by atoms with Crippen molar-refractivity contribution < 1.29 is 15.3 Å². The van der Waals surface area contributed by atoms with Crippen LogP contribution >= 0.6 is 15.9 Å². The summed E-state index contributed by atoms with van der Waals surface area (Å²) in [4.78, 5) is 6.92. The highest BCUT2D eigenvalue weighted by Gasteiger charge is 2.25. The zero-order chi connectivity index (χ0) is 8.48. The molecule has 0 spiro atoms. The summed E-state index contributed by atoms with van der Waals surface area (Å²) in [6.07, 6.45) is 1.28. The molecule has 0 aliphatic carbocycles. The number of hydrogen-bond donors (Lipinski definition) is 3. The molecule has 1 aromatic rings. The lowest BCUT2D eigenvalue weighted by molar-refractivity contribution is -0.328. The first kappa shape index (κ1) is 8.54. The van der Waals surface area contributed by atoms with Gasteiger partial charge in [0.05, 0.1) is 0 Å². The Balaban J connectivity index is 3.06. The van der Waals surface area contributed by atoms with Gasteiger partial charge in [0.2, 0.25) is 5.82 Å². The molecule has 0 radical (unpaired) electrons. The molecule has 0 atom stereocenters. The van der Waals surface area contributed by atoms with E-state index < -0.39 is 11.8 Å². The van der Waals surface area contributed by atoms with E-state index in [-0.39, 0.29) is 0 Å². The number of rotatable bonds is 1. The first-order valence-electron chi connectivity index (χ1n) is 2.66. The van der Waals surface area contributed by atoms with Gasteiger partial charge in [-0.05, 0) is 22.0 Å². The van der Waals surface area contributed by atoms with E-state index in [1.807, 2.05) is 0 Å². The quantitative estimate of drug-likeness (QED) is 0.432. The summed E-state index contributed by atoms with van der Waals surface area (Å²) in [5.74, 6) is -3.43.